The molecule has 1 amide bonds. The van der Waals surface area contributed by atoms with Crippen molar-refractivity contribution in [2.75, 3.05) is 6.54 Å². The van der Waals surface area contributed by atoms with E-state index >= 15 is 0 Å². The first-order valence-electron chi connectivity index (χ1n) is 6.81. The number of amides is 1. The highest BCUT2D eigenvalue weighted by Crippen LogP contribution is 2.24. The number of nitrogens with one attached hydrogen (secondary N) is 1. The number of rotatable bonds is 6. The Labute approximate surface area is 108 Å². The van der Waals surface area contributed by atoms with Gasteiger partial charge in [-0.3, -0.25) is 9.59 Å². The molecule has 1 saturated carbocycles. The fraction of sp³-hybridized carbons (Fsp3) is 0.846. The molecule has 5 nitrogen and oxygen atoms in total. The molecule has 0 aromatic rings. The second-order valence-corrected chi connectivity index (χ2v) is 5.12. The van der Waals surface area contributed by atoms with Gasteiger partial charge in [-0.05, 0) is 32.1 Å². The third-order valence-corrected chi connectivity index (χ3v) is 3.72. The summed E-state index contributed by atoms with van der Waals surface area (Å²) in [4.78, 5) is 22.8. The minimum atomic E-state index is -0.717. The maximum atomic E-state index is 11.9. The zero-order chi connectivity index (χ0) is 13.5. The van der Waals surface area contributed by atoms with Crippen LogP contribution in [0.5, 0.6) is 0 Å². The van der Waals surface area contributed by atoms with E-state index in [0.29, 0.717) is 19.4 Å². The Balaban J connectivity index is 2.35. The monoisotopic (exact) mass is 256 g/mol. The summed E-state index contributed by atoms with van der Waals surface area (Å²) in [5, 5.41) is 11.9. The maximum absolute atomic E-state index is 11.9. The highest BCUT2D eigenvalue weighted by Gasteiger charge is 2.27. The van der Waals surface area contributed by atoms with E-state index in [1.165, 1.54) is 0 Å². The Morgan fingerprint density at radius 3 is 2.39 bits per heavy atom. The van der Waals surface area contributed by atoms with Crippen LogP contribution in [0, 0.1) is 11.8 Å². The molecule has 0 bridgehead atoms. The normalized spacial score (nSPS) is 25.4. The molecular weight excluding hydrogens is 232 g/mol. The third-order valence-electron chi connectivity index (χ3n) is 3.72. The van der Waals surface area contributed by atoms with Gasteiger partial charge in [0.05, 0.1) is 11.8 Å². The largest absolute Gasteiger partial charge is 0.481 e. The van der Waals surface area contributed by atoms with E-state index in [0.717, 1.165) is 25.7 Å². The Morgan fingerprint density at radius 1 is 1.33 bits per heavy atom. The van der Waals surface area contributed by atoms with Crippen molar-refractivity contribution in [3.63, 3.8) is 0 Å². The second kappa shape index (κ2) is 7.36. The maximum Gasteiger partial charge on any atom is 0.306 e. The van der Waals surface area contributed by atoms with Crippen LogP contribution in [0.4, 0.5) is 0 Å². The number of carboxylic acids is 1. The summed E-state index contributed by atoms with van der Waals surface area (Å²) < 4.78 is 0. The van der Waals surface area contributed by atoms with E-state index in [-0.39, 0.29) is 23.8 Å². The number of hydrogen-bond acceptors (Lipinski definition) is 3. The molecule has 0 heterocycles. The molecule has 1 fully saturated rings. The van der Waals surface area contributed by atoms with Gasteiger partial charge in [0.15, 0.2) is 0 Å². The molecule has 4 N–H and O–H groups in total. The minimum absolute atomic E-state index is 0.0260. The van der Waals surface area contributed by atoms with E-state index in [1.807, 2.05) is 6.92 Å². The van der Waals surface area contributed by atoms with Gasteiger partial charge >= 0.3 is 5.97 Å². The number of carbonyl (C=O) groups excluding carboxylic acids is 1. The summed E-state index contributed by atoms with van der Waals surface area (Å²) in [6.45, 7) is 2.41. The Kier molecular flexibility index (Phi) is 6.12. The lowest BCUT2D eigenvalue weighted by Gasteiger charge is -2.28. The topological polar surface area (TPSA) is 92.4 Å². The number of nitrogens with two attached hydrogens (primary N) is 1. The highest BCUT2D eigenvalue weighted by atomic mass is 16.4. The molecule has 1 unspecified atom stereocenters. The van der Waals surface area contributed by atoms with Crippen LogP contribution in [0.1, 0.15) is 45.4 Å². The van der Waals surface area contributed by atoms with Crippen LogP contribution >= 0.6 is 0 Å². The van der Waals surface area contributed by atoms with Crippen molar-refractivity contribution >= 4 is 11.9 Å². The van der Waals surface area contributed by atoms with Gasteiger partial charge < -0.3 is 16.2 Å². The number of carboxylic acid groups (broad SMARTS) is 1. The fourth-order valence-electron chi connectivity index (χ4n) is 2.51. The van der Waals surface area contributed by atoms with Gasteiger partial charge in [-0.15, -0.1) is 0 Å². The van der Waals surface area contributed by atoms with Crippen molar-refractivity contribution in [1.82, 2.24) is 5.32 Å². The lowest BCUT2D eigenvalue weighted by Crippen LogP contribution is -2.43. The van der Waals surface area contributed by atoms with Crippen molar-refractivity contribution in [2.45, 2.75) is 51.5 Å². The minimum Gasteiger partial charge on any atom is -0.481 e. The van der Waals surface area contributed by atoms with Crippen LogP contribution in [0.25, 0.3) is 0 Å². The van der Waals surface area contributed by atoms with Crippen LogP contribution in [0.3, 0.4) is 0 Å². The van der Waals surface area contributed by atoms with Crippen molar-refractivity contribution in [2.24, 2.45) is 17.6 Å². The zero-order valence-electron chi connectivity index (χ0n) is 11.0. The number of aliphatic carboxylic acids is 1. The standard InChI is InChI=1S/C13H24N2O3/c1-2-3-10(8-14)12(16)15-11-6-4-9(5-7-11)13(17)18/h9-11H,2-8,14H2,1H3,(H,15,16)(H,17,18). The average Bonchev–Trinajstić information content (AvgIpc) is 2.36. The van der Waals surface area contributed by atoms with Gasteiger partial charge in [0.1, 0.15) is 0 Å². The molecule has 0 aromatic carbocycles. The van der Waals surface area contributed by atoms with E-state index < -0.39 is 5.97 Å². The summed E-state index contributed by atoms with van der Waals surface area (Å²) >= 11 is 0. The Morgan fingerprint density at radius 2 is 1.94 bits per heavy atom. The van der Waals surface area contributed by atoms with Crippen molar-refractivity contribution < 1.29 is 14.7 Å². The highest BCUT2D eigenvalue weighted by molar-refractivity contribution is 5.79. The van der Waals surface area contributed by atoms with Crippen LogP contribution in [-0.4, -0.2) is 29.6 Å². The summed E-state index contributed by atoms with van der Waals surface area (Å²) in [6, 6.07) is 0.124. The summed E-state index contributed by atoms with van der Waals surface area (Å²) in [5.41, 5.74) is 5.59. The van der Waals surface area contributed by atoms with Crippen LogP contribution < -0.4 is 11.1 Å². The smallest absolute Gasteiger partial charge is 0.306 e. The Bertz CT molecular complexity index is 286. The first kappa shape index (κ1) is 15.0. The molecule has 18 heavy (non-hydrogen) atoms. The molecule has 1 aliphatic carbocycles. The second-order valence-electron chi connectivity index (χ2n) is 5.12. The fourth-order valence-corrected chi connectivity index (χ4v) is 2.51. The molecule has 1 rings (SSSR count). The van der Waals surface area contributed by atoms with Gasteiger partial charge in [0, 0.05) is 12.6 Å². The summed E-state index contributed by atoms with van der Waals surface area (Å²) in [5.74, 6) is -1.03. The SMILES string of the molecule is CCCC(CN)C(=O)NC1CCC(C(=O)O)CC1. The lowest BCUT2D eigenvalue weighted by atomic mass is 9.86. The van der Waals surface area contributed by atoms with Gasteiger partial charge in [-0.25, -0.2) is 0 Å². The van der Waals surface area contributed by atoms with Crippen LogP contribution in [0.15, 0.2) is 0 Å². The lowest BCUT2D eigenvalue weighted by molar-refractivity contribution is -0.142. The molecule has 5 heteroatoms. The van der Waals surface area contributed by atoms with E-state index in [1.54, 1.807) is 0 Å². The molecule has 0 radical (unpaired) electrons. The third kappa shape index (κ3) is 4.29. The quantitative estimate of drug-likeness (QED) is 0.664. The van der Waals surface area contributed by atoms with E-state index in [9.17, 15) is 9.59 Å². The van der Waals surface area contributed by atoms with Crippen molar-refractivity contribution in [1.29, 1.82) is 0 Å². The Hall–Kier alpha value is -1.10. The number of hydrogen-bond donors (Lipinski definition) is 3. The van der Waals surface area contributed by atoms with Crippen LogP contribution in [0.2, 0.25) is 0 Å². The summed E-state index contributed by atoms with van der Waals surface area (Å²) in [6.07, 6.45) is 4.58. The molecule has 0 aliphatic heterocycles. The van der Waals surface area contributed by atoms with E-state index in [2.05, 4.69) is 5.32 Å². The first-order chi connectivity index (χ1) is 8.58. The van der Waals surface area contributed by atoms with E-state index in [4.69, 9.17) is 10.8 Å². The van der Waals surface area contributed by atoms with Gasteiger partial charge in [0.2, 0.25) is 5.91 Å². The molecule has 104 valence electrons. The number of carbonyl (C=O) groups is 2. The predicted molar refractivity (Wildman–Crippen MR) is 69.0 cm³/mol. The van der Waals surface area contributed by atoms with Gasteiger partial charge in [-0.2, -0.15) is 0 Å². The van der Waals surface area contributed by atoms with Gasteiger partial charge in [0.25, 0.3) is 0 Å². The first-order valence-corrected chi connectivity index (χ1v) is 6.81. The van der Waals surface area contributed by atoms with Crippen molar-refractivity contribution in [3.8, 4) is 0 Å². The zero-order valence-corrected chi connectivity index (χ0v) is 11.0. The van der Waals surface area contributed by atoms with Crippen molar-refractivity contribution in [3.05, 3.63) is 0 Å². The van der Waals surface area contributed by atoms with Crippen LogP contribution in [-0.2, 0) is 9.59 Å². The molecule has 0 saturated heterocycles. The molecule has 1 aliphatic rings. The van der Waals surface area contributed by atoms with Gasteiger partial charge in [-0.1, -0.05) is 13.3 Å². The summed E-state index contributed by atoms with van der Waals surface area (Å²) in [7, 11) is 0. The molecular formula is C13H24N2O3. The predicted octanol–water partition coefficient (Wildman–Crippen LogP) is 1.12. The average molecular weight is 256 g/mol. The molecule has 0 aromatic heterocycles. The molecule has 0 spiro atoms. The molecule has 1 atom stereocenters.